The van der Waals surface area contributed by atoms with E-state index >= 15 is 0 Å². The lowest BCUT2D eigenvalue weighted by molar-refractivity contribution is 0.401. The van der Waals surface area contributed by atoms with Gasteiger partial charge in [0, 0.05) is 37.6 Å². The van der Waals surface area contributed by atoms with Gasteiger partial charge in [0.25, 0.3) is 0 Å². The van der Waals surface area contributed by atoms with Crippen LogP contribution in [0.5, 0.6) is 0 Å². The Kier molecular flexibility index (Phi) is 7.49. The second-order valence-corrected chi connectivity index (χ2v) is 17.4. The highest BCUT2D eigenvalue weighted by Gasteiger charge is 2.41. The average Bonchev–Trinajstić information content (AvgIpc) is 3.04. The van der Waals surface area contributed by atoms with Gasteiger partial charge in [-0.25, -0.2) is 0 Å². The topological polar surface area (TPSA) is 54.1 Å². The van der Waals surface area contributed by atoms with E-state index in [0.717, 1.165) is 74.1 Å². The molecule has 0 N–H and O–H groups in total. The van der Waals surface area contributed by atoms with Crippen molar-refractivity contribution in [1.29, 1.82) is 10.5 Å². The summed E-state index contributed by atoms with van der Waals surface area (Å²) in [7, 11) is 0. The van der Waals surface area contributed by atoms with Crippen LogP contribution in [0, 0.1) is 22.7 Å². The van der Waals surface area contributed by atoms with Crippen molar-refractivity contribution >= 4 is 34.7 Å². The summed E-state index contributed by atoms with van der Waals surface area (Å²) >= 11 is 0. The minimum atomic E-state index is 0.0671. The number of hydrogen-bond donors (Lipinski definition) is 0. The highest BCUT2D eigenvalue weighted by Crippen LogP contribution is 2.51. The smallest absolute Gasteiger partial charge is 0.0998 e. The van der Waals surface area contributed by atoms with E-state index in [1.165, 1.54) is 33.6 Å². The molecule has 0 saturated carbocycles. The van der Waals surface area contributed by atoms with Crippen molar-refractivity contribution in [1.82, 2.24) is 0 Å². The summed E-state index contributed by atoms with van der Waals surface area (Å²) in [6.07, 6.45) is 8.51. The van der Waals surface area contributed by atoms with Gasteiger partial charge in [0.2, 0.25) is 0 Å². The summed E-state index contributed by atoms with van der Waals surface area (Å²) in [6.45, 7) is 23.2. The van der Waals surface area contributed by atoms with Crippen molar-refractivity contribution < 1.29 is 0 Å². The largest absolute Gasteiger partial charge is 0.371 e. The second kappa shape index (κ2) is 11.1. The molecule has 4 heteroatoms. The highest BCUT2D eigenvalue weighted by atomic mass is 15.2. The van der Waals surface area contributed by atoms with Crippen LogP contribution in [-0.2, 0) is 21.7 Å². The first-order valence-corrected chi connectivity index (χ1v) is 17.9. The fourth-order valence-corrected chi connectivity index (χ4v) is 8.57. The Hall–Kier alpha value is -4.28. The third-order valence-corrected chi connectivity index (χ3v) is 12.2. The normalized spacial score (nSPS) is 21.5. The molecule has 0 aromatic heterocycles. The van der Waals surface area contributed by atoms with Gasteiger partial charge < -0.3 is 9.80 Å². The maximum Gasteiger partial charge on any atom is 0.0998 e. The number of allylic oxidation sites excluding steroid dienone is 2. The third-order valence-electron chi connectivity index (χ3n) is 12.2. The molecular formula is C44H50N4. The Labute approximate surface area is 288 Å². The number of nitrogens with zero attached hydrogens (tertiary/aromatic N) is 4. The van der Waals surface area contributed by atoms with Crippen LogP contribution in [0.25, 0.3) is 23.3 Å². The van der Waals surface area contributed by atoms with Gasteiger partial charge in [-0.1, -0.05) is 79.7 Å². The average molecular weight is 635 g/mol. The Morgan fingerprint density at radius 2 is 0.792 bits per heavy atom. The second-order valence-electron chi connectivity index (χ2n) is 17.4. The number of anilines is 2. The summed E-state index contributed by atoms with van der Waals surface area (Å²) in [5.41, 5.74) is 13.9. The van der Waals surface area contributed by atoms with E-state index < -0.39 is 0 Å². The number of nitriles is 2. The monoisotopic (exact) mass is 634 g/mol. The van der Waals surface area contributed by atoms with Crippen molar-refractivity contribution in [2.24, 2.45) is 0 Å². The van der Waals surface area contributed by atoms with E-state index in [-0.39, 0.29) is 21.7 Å². The lowest BCUT2D eigenvalue weighted by Crippen LogP contribution is -2.44. The van der Waals surface area contributed by atoms with Gasteiger partial charge in [-0.15, -0.1) is 0 Å². The maximum absolute atomic E-state index is 10.4. The molecule has 0 fully saturated rings. The first-order valence-electron chi connectivity index (χ1n) is 17.9. The van der Waals surface area contributed by atoms with Crippen LogP contribution in [0.1, 0.15) is 126 Å². The lowest BCUT2D eigenvalue weighted by Gasteiger charge is -2.48. The maximum atomic E-state index is 10.4. The van der Waals surface area contributed by atoms with Crippen LogP contribution < -0.4 is 9.80 Å². The molecule has 0 spiro atoms. The van der Waals surface area contributed by atoms with Crippen LogP contribution in [0.2, 0.25) is 0 Å². The number of hydrogen-bond acceptors (Lipinski definition) is 4. The molecule has 0 atom stereocenters. The Morgan fingerprint density at radius 1 is 0.521 bits per heavy atom. The molecule has 0 bridgehead atoms. The number of benzene rings is 3. The van der Waals surface area contributed by atoms with Gasteiger partial charge in [-0.2, -0.15) is 10.5 Å². The summed E-state index contributed by atoms with van der Waals surface area (Å²) < 4.78 is 0. The Balaban J connectivity index is 1.24. The molecule has 246 valence electrons. The molecule has 0 radical (unpaired) electrons. The van der Waals surface area contributed by atoms with Gasteiger partial charge in [-0.05, 0) is 128 Å². The molecule has 7 rings (SSSR count). The SMILES string of the molecule is CC1(C)CCN2CCC(C)(C)c3cc(C(C#N)=Cc4ccc(C=C(C#N)c5cc6c7c(c5)C(C)(C)CCN7CCC6(C)C)cc4)cc1c32. The zero-order valence-electron chi connectivity index (χ0n) is 30.2. The lowest BCUT2D eigenvalue weighted by atomic mass is 9.69. The first-order chi connectivity index (χ1) is 22.6. The van der Waals surface area contributed by atoms with Crippen molar-refractivity contribution in [3.05, 3.63) is 93.0 Å². The molecule has 48 heavy (non-hydrogen) atoms. The quantitative estimate of drug-likeness (QED) is 0.212. The van der Waals surface area contributed by atoms with E-state index in [2.05, 4.69) is 126 Å². The standard InChI is InChI=1S/C44H50N4/c1-41(2)13-17-47-18-14-42(3,4)36-24-31(23-35(41)39(36)47)33(27-45)21-29-9-11-30(12-10-29)22-34(28-46)32-25-37-40-38(26-32)44(7,8)16-20-48(40)19-15-43(37,5)6/h9-12,21-26H,13-20H2,1-8H3. The van der Waals surface area contributed by atoms with E-state index in [1.807, 2.05) is 12.2 Å². The molecule has 0 amide bonds. The molecule has 0 unspecified atom stereocenters. The summed E-state index contributed by atoms with van der Waals surface area (Å²) in [4.78, 5) is 5.14. The minimum Gasteiger partial charge on any atom is -0.371 e. The van der Waals surface area contributed by atoms with Gasteiger partial charge in [0.1, 0.15) is 0 Å². The van der Waals surface area contributed by atoms with E-state index in [9.17, 15) is 10.5 Å². The summed E-state index contributed by atoms with van der Waals surface area (Å²) in [5, 5.41) is 20.8. The zero-order valence-corrected chi connectivity index (χ0v) is 30.2. The molecule has 4 nitrogen and oxygen atoms in total. The van der Waals surface area contributed by atoms with Crippen LogP contribution >= 0.6 is 0 Å². The van der Waals surface area contributed by atoms with Crippen LogP contribution in [0.15, 0.2) is 48.5 Å². The molecule has 3 aromatic rings. The van der Waals surface area contributed by atoms with Gasteiger partial charge in [-0.3, -0.25) is 0 Å². The third kappa shape index (κ3) is 5.35. The van der Waals surface area contributed by atoms with Gasteiger partial charge >= 0.3 is 0 Å². The van der Waals surface area contributed by atoms with E-state index in [1.54, 1.807) is 0 Å². The predicted molar refractivity (Wildman–Crippen MR) is 201 cm³/mol. The molecular weight excluding hydrogens is 585 g/mol. The molecule has 0 aliphatic carbocycles. The van der Waals surface area contributed by atoms with Crippen LogP contribution in [0.3, 0.4) is 0 Å². The van der Waals surface area contributed by atoms with E-state index in [0.29, 0.717) is 11.1 Å². The minimum absolute atomic E-state index is 0.0671. The van der Waals surface area contributed by atoms with Crippen molar-refractivity contribution in [3.63, 3.8) is 0 Å². The molecule has 4 aliphatic rings. The summed E-state index contributed by atoms with van der Waals surface area (Å²) in [6, 6.07) is 22.5. The molecule has 0 saturated heterocycles. The van der Waals surface area contributed by atoms with Crippen molar-refractivity contribution in [3.8, 4) is 12.1 Å². The highest BCUT2D eigenvalue weighted by molar-refractivity contribution is 5.93. The Bertz CT molecular complexity index is 1730. The Morgan fingerprint density at radius 3 is 1.04 bits per heavy atom. The van der Waals surface area contributed by atoms with E-state index in [4.69, 9.17) is 0 Å². The number of rotatable bonds is 4. The molecule has 3 aromatic carbocycles. The van der Waals surface area contributed by atoms with Crippen molar-refractivity contribution in [2.75, 3.05) is 36.0 Å². The predicted octanol–water partition coefficient (Wildman–Crippen LogP) is 10.2. The summed E-state index contributed by atoms with van der Waals surface area (Å²) in [5.74, 6) is 0. The van der Waals surface area contributed by atoms with Crippen LogP contribution in [-0.4, -0.2) is 26.2 Å². The fourth-order valence-electron chi connectivity index (χ4n) is 8.57. The zero-order chi connectivity index (χ0) is 34.2. The molecule has 4 aliphatic heterocycles. The fraction of sp³-hybridized carbons (Fsp3) is 0.455. The first kappa shape index (κ1) is 32.3. The molecule has 4 heterocycles. The van der Waals surface area contributed by atoms with Crippen LogP contribution in [0.4, 0.5) is 11.4 Å². The van der Waals surface area contributed by atoms with Gasteiger partial charge in [0.05, 0.1) is 23.3 Å². The van der Waals surface area contributed by atoms with Crippen molar-refractivity contribution in [2.45, 2.75) is 103 Å². The van der Waals surface area contributed by atoms with Gasteiger partial charge in [0.15, 0.2) is 0 Å².